The van der Waals surface area contributed by atoms with Gasteiger partial charge in [0.25, 0.3) is 0 Å². The Morgan fingerprint density at radius 1 is 1.06 bits per heavy atom. The minimum atomic E-state index is -3.97. The molecule has 198 valence electrons. The summed E-state index contributed by atoms with van der Waals surface area (Å²) in [5.41, 5.74) is 0.698. The molecule has 0 aromatic heterocycles. The number of hydrogen-bond donors (Lipinski definition) is 1. The lowest BCUT2D eigenvalue weighted by atomic mass is 10.1. The van der Waals surface area contributed by atoms with Crippen LogP contribution < -0.4 is 14.4 Å². The molecule has 2 aromatic carbocycles. The Morgan fingerprint density at radius 2 is 1.69 bits per heavy atom. The van der Waals surface area contributed by atoms with Gasteiger partial charge in [-0.1, -0.05) is 53.9 Å². The Morgan fingerprint density at radius 3 is 2.28 bits per heavy atom. The maximum Gasteiger partial charge on any atom is 0.244 e. The van der Waals surface area contributed by atoms with Crippen LogP contribution in [0.25, 0.3) is 0 Å². The number of anilines is 1. The number of carbonyl (C=O) groups excluding carboxylic acids is 2. The van der Waals surface area contributed by atoms with Crippen LogP contribution in [0.4, 0.5) is 5.69 Å². The lowest BCUT2D eigenvalue weighted by molar-refractivity contribution is -0.139. The first-order valence-corrected chi connectivity index (χ1v) is 14.1. The van der Waals surface area contributed by atoms with E-state index in [1.54, 1.807) is 31.2 Å². The van der Waals surface area contributed by atoms with Crippen LogP contribution >= 0.6 is 34.8 Å². The molecular weight excluding hydrogens is 549 g/mol. The maximum absolute atomic E-state index is 13.6. The van der Waals surface area contributed by atoms with Crippen molar-refractivity contribution in [3.8, 4) is 5.75 Å². The van der Waals surface area contributed by atoms with Gasteiger partial charge in [0.2, 0.25) is 21.8 Å². The van der Waals surface area contributed by atoms with Gasteiger partial charge in [-0.2, -0.15) is 0 Å². The van der Waals surface area contributed by atoms with E-state index < -0.39 is 28.5 Å². The van der Waals surface area contributed by atoms with Crippen LogP contribution in [-0.2, 0) is 26.2 Å². The highest BCUT2D eigenvalue weighted by Crippen LogP contribution is 2.35. The SMILES string of the molecule is CCC(C)NC(=O)C(C)N(Cc1cccc(OC)c1)C(=O)CN(c1cc(Cl)c(Cl)cc1Cl)S(C)(=O)=O. The molecule has 2 atom stereocenters. The monoisotopic (exact) mass is 577 g/mol. The average molecular weight is 579 g/mol. The number of carbonyl (C=O) groups is 2. The van der Waals surface area contributed by atoms with Gasteiger partial charge in [0.1, 0.15) is 18.3 Å². The minimum Gasteiger partial charge on any atom is -0.497 e. The second-order valence-corrected chi connectivity index (χ2v) is 11.5. The molecule has 36 heavy (non-hydrogen) atoms. The molecule has 2 rings (SSSR count). The van der Waals surface area contributed by atoms with E-state index in [0.717, 1.165) is 10.6 Å². The van der Waals surface area contributed by atoms with Crippen molar-refractivity contribution in [2.45, 2.75) is 45.8 Å². The van der Waals surface area contributed by atoms with E-state index in [1.807, 2.05) is 13.8 Å². The van der Waals surface area contributed by atoms with Gasteiger partial charge < -0.3 is 15.0 Å². The van der Waals surface area contributed by atoms with Crippen molar-refractivity contribution >= 4 is 62.3 Å². The van der Waals surface area contributed by atoms with Gasteiger partial charge in [-0.05, 0) is 50.1 Å². The van der Waals surface area contributed by atoms with Crippen LogP contribution in [0.3, 0.4) is 0 Å². The van der Waals surface area contributed by atoms with Gasteiger partial charge in [0.15, 0.2) is 0 Å². The minimum absolute atomic E-state index is 0.0000400. The highest BCUT2D eigenvalue weighted by molar-refractivity contribution is 7.92. The van der Waals surface area contributed by atoms with Crippen molar-refractivity contribution in [2.75, 3.05) is 24.2 Å². The van der Waals surface area contributed by atoms with Gasteiger partial charge in [0, 0.05) is 12.6 Å². The first-order chi connectivity index (χ1) is 16.8. The van der Waals surface area contributed by atoms with E-state index in [9.17, 15) is 18.0 Å². The fraction of sp³-hybridized carbons (Fsp3) is 0.417. The van der Waals surface area contributed by atoms with Crippen LogP contribution in [0.15, 0.2) is 36.4 Å². The lowest BCUT2D eigenvalue weighted by Crippen LogP contribution is -2.52. The molecular formula is C24H30Cl3N3O5S. The first-order valence-electron chi connectivity index (χ1n) is 11.1. The summed E-state index contributed by atoms with van der Waals surface area (Å²) in [6, 6.07) is 8.63. The van der Waals surface area contributed by atoms with E-state index in [0.29, 0.717) is 17.7 Å². The number of sulfonamides is 1. The van der Waals surface area contributed by atoms with Crippen LogP contribution in [0, 0.1) is 0 Å². The van der Waals surface area contributed by atoms with E-state index in [1.165, 1.54) is 24.1 Å². The molecule has 0 aliphatic carbocycles. The van der Waals surface area contributed by atoms with Crippen molar-refractivity contribution < 1.29 is 22.7 Å². The largest absolute Gasteiger partial charge is 0.497 e. The first kappa shape index (κ1) is 30.0. The molecule has 2 aromatic rings. The van der Waals surface area contributed by atoms with Crippen molar-refractivity contribution in [1.82, 2.24) is 10.2 Å². The van der Waals surface area contributed by atoms with E-state index >= 15 is 0 Å². The summed E-state index contributed by atoms with van der Waals surface area (Å²) in [4.78, 5) is 27.9. The Kier molecular flexibility index (Phi) is 10.7. The number of benzene rings is 2. The molecule has 0 saturated carbocycles. The number of halogens is 3. The number of nitrogens with one attached hydrogen (secondary N) is 1. The van der Waals surface area contributed by atoms with Crippen molar-refractivity contribution in [1.29, 1.82) is 0 Å². The van der Waals surface area contributed by atoms with Gasteiger partial charge in [-0.25, -0.2) is 8.42 Å². The van der Waals surface area contributed by atoms with Crippen molar-refractivity contribution in [3.63, 3.8) is 0 Å². The third-order valence-electron chi connectivity index (χ3n) is 5.59. The quantitative estimate of drug-likeness (QED) is 0.388. The Hall–Kier alpha value is -2.20. The standard InChI is InChI=1S/C24H30Cl3N3O5S/c1-6-15(2)28-24(32)16(3)29(13-17-8-7-9-18(10-17)35-4)23(31)14-30(36(5,33)34)22-12-20(26)19(25)11-21(22)27/h7-12,15-16H,6,13-14H2,1-5H3,(H,28,32). The molecule has 0 aliphatic rings. The predicted molar refractivity (Wildman–Crippen MR) is 145 cm³/mol. The van der Waals surface area contributed by atoms with Gasteiger partial charge >= 0.3 is 0 Å². The molecule has 1 N–H and O–H groups in total. The number of nitrogens with zero attached hydrogens (tertiary/aromatic N) is 2. The smallest absolute Gasteiger partial charge is 0.244 e. The van der Waals surface area contributed by atoms with Crippen molar-refractivity contribution in [3.05, 3.63) is 57.0 Å². The zero-order valence-electron chi connectivity index (χ0n) is 20.7. The molecule has 0 radical (unpaired) electrons. The molecule has 8 nitrogen and oxygen atoms in total. The lowest BCUT2D eigenvalue weighted by Gasteiger charge is -2.32. The molecule has 0 heterocycles. The molecule has 2 amide bonds. The highest BCUT2D eigenvalue weighted by atomic mass is 35.5. The zero-order chi connectivity index (χ0) is 27.2. The fourth-order valence-corrected chi connectivity index (χ4v) is 4.86. The average Bonchev–Trinajstić information content (AvgIpc) is 2.82. The Bertz CT molecular complexity index is 1210. The van der Waals surface area contributed by atoms with Crippen LogP contribution in [0.5, 0.6) is 5.75 Å². The van der Waals surface area contributed by atoms with Gasteiger partial charge in [-0.15, -0.1) is 0 Å². The number of hydrogen-bond acceptors (Lipinski definition) is 5. The highest BCUT2D eigenvalue weighted by Gasteiger charge is 2.31. The zero-order valence-corrected chi connectivity index (χ0v) is 23.8. The molecule has 0 fully saturated rings. The molecule has 0 aliphatic heterocycles. The van der Waals surface area contributed by atoms with Gasteiger partial charge in [-0.3, -0.25) is 13.9 Å². The summed E-state index contributed by atoms with van der Waals surface area (Å²) < 4.78 is 31.5. The van der Waals surface area contributed by atoms with Crippen LogP contribution in [0.1, 0.15) is 32.8 Å². The van der Waals surface area contributed by atoms with E-state index in [2.05, 4.69) is 5.32 Å². The normalized spacial score (nSPS) is 13.0. The summed E-state index contributed by atoms with van der Waals surface area (Å²) >= 11 is 18.4. The predicted octanol–water partition coefficient (Wildman–Crippen LogP) is 4.75. The second kappa shape index (κ2) is 12.9. The van der Waals surface area contributed by atoms with Crippen molar-refractivity contribution in [2.24, 2.45) is 0 Å². The number of ether oxygens (including phenoxy) is 1. The number of rotatable bonds is 11. The van der Waals surface area contributed by atoms with E-state index in [4.69, 9.17) is 39.5 Å². The topological polar surface area (TPSA) is 96.0 Å². The molecule has 0 bridgehead atoms. The summed E-state index contributed by atoms with van der Waals surface area (Å²) in [6.45, 7) is 4.81. The summed E-state index contributed by atoms with van der Waals surface area (Å²) in [6.07, 6.45) is 1.66. The van der Waals surface area contributed by atoms with E-state index in [-0.39, 0.29) is 39.2 Å². The summed E-state index contributed by atoms with van der Waals surface area (Å²) in [5.74, 6) is -0.395. The number of amides is 2. The third kappa shape index (κ3) is 7.90. The molecule has 0 spiro atoms. The Balaban J connectivity index is 2.47. The Labute approximate surface area is 227 Å². The van der Waals surface area contributed by atoms with Crippen LogP contribution in [-0.4, -0.2) is 57.1 Å². The number of methoxy groups -OCH3 is 1. The molecule has 2 unspecified atom stereocenters. The molecule has 12 heteroatoms. The van der Waals surface area contributed by atoms with Crippen LogP contribution in [0.2, 0.25) is 15.1 Å². The summed E-state index contributed by atoms with van der Waals surface area (Å²) in [7, 11) is -2.45. The molecule has 0 saturated heterocycles. The fourth-order valence-electron chi connectivity index (χ4n) is 3.31. The third-order valence-corrected chi connectivity index (χ3v) is 7.74. The van der Waals surface area contributed by atoms with Gasteiger partial charge in [0.05, 0.1) is 34.1 Å². The second-order valence-electron chi connectivity index (χ2n) is 8.35. The summed E-state index contributed by atoms with van der Waals surface area (Å²) in [5, 5.41) is 3.09. The maximum atomic E-state index is 13.6.